The molecule has 1 saturated carbocycles. The zero-order valence-corrected chi connectivity index (χ0v) is 13.9. The molecule has 2 fully saturated rings. The van der Waals surface area contributed by atoms with Gasteiger partial charge in [-0.15, -0.1) is 0 Å². The third-order valence-corrected chi connectivity index (χ3v) is 5.67. The summed E-state index contributed by atoms with van der Waals surface area (Å²) in [5.74, 6) is 0.918. The zero-order chi connectivity index (χ0) is 14.4. The summed E-state index contributed by atoms with van der Waals surface area (Å²) in [7, 11) is 2.16. The van der Waals surface area contributed by atoms with Gasteiger partial charge in [-0.2, -0.15) is 0 Å². The van der Waals surface area contributed by atoms with Gasteiger partial charge in [-0.05, 0) is 39.2 Å². The topological polar surface area (TPSA) is 18.5 Å². The van der Waals surface area contributed by atoms with E-state index in [0.29, 0.717) is 6.04 Å². The van der Waals surface area contributed by atoms with Crippen LogP contribution in [0, 0.1) is 5.92 Å². The summed E-state index contributed by atoms with van der Waals surface area (Å²) in [4.78, 5) is 5.35. The second-order valence-electron chi connectivity index (χ2n) is 6.89. The van der Waals surface area contributed by atoms with Crippen LogP contribution >= 0.6 is 0 Å². The van der Waals surface area contributed by atoms with Gasteiger partial charge in [-0.25, -0.2) is 0 Å². The Bertz CT molecular complexity index is 255. The SMILES string of the molecule is CCC(C)N1CCN(CC(NC)C2CCCCC2)CC1. The maximum absolute atomic E-state index is 3.61. The molecular formula is C17H35N3. The fourth-order valence-corrected chi connectivity index (χ4v) is 3.94. The first-order valence-corrected chi connectivity index (χ1v) is 8.88. The van der Waals surface area contributed by atoms with Crippen LogP contribution in [-0.2, 0) is 0 Å². The minimum Gasteiger partial charge on any atom is -0.315 e. The quantitative estimate of drug-likeness (QED) is 0.807. The van der Waals surface area contributed by atoms with Gasteiger partial charge in [0.1, 0.15) is 0 Å². The smallest absolute Gasteiger partial charge is 0.0220 e. The molecule has 118 valence electrons. The highest BCUT2D eigenvalue weighted by Crippen LogP contribution is 2.27. The van der Waals surface area contributed by atoms with E-state index in [1.807, 2.05) is 0 Å². The average Bonchev–Trinajstić information content (AvgIpc) is 2.53. The van der Waals surface area contributed by atoms with Crippen molar-refractivity contribution < 1.29 is 0 Å². The Balaban J connectivity index is 1.75. The molecular weight excluding hydrogens is 246 g/mol. The van der Waals surface area contributed by atoms with Crippen LogP contribution in [0.15, 0.2) is 0 Å². The summed E-state index contributed by atoms with van der Waals surface area (Å²) in [5.41, 5.74) is 0. The molecule has 20 heavy (non-hydrogen) atoms. The van der Waals surface area contributed by atoms with Crippen molar-refractivity contribution in [2.24, 2.45) is 5.92 Å². The lowest BCUT2D eigenvalue weighted by molar-refractivity contribution is 0.0855. The number of hydrogen-bond donors (Lipinski definition) is 1. The standard InChI is InChI=1S/C17H35N3/c1-4-15(2)20-12-10-19(11-13-20)14-17(18-3)16-8-6-5-7-9-16/h15-18H,4-14H2,1-3H3. The van der Waals surface area contributed by atoms with E-state index in [2.05, 4.69) is 36.0 Å². The predicted octanol–water partition coefficient (Wildman–Crippen LogP) is 2.57. The highest BCUT2D eigenvalue weighted by atomic mass is 15.3. The fraction of sp³-hybridized carbons (Fsp3) is 1.00. The minimum atomic E-state index is 0.713. The van der Waals surface area contributed by atoms with Gasteiger partial charge >= 0.3 is 0 Å². The summed E-state index contributed by atoms with van der Waals surface area (Å²) in [6.45, 7) is 11.0. The van der Waals surface area contributed by atoms with Gasteiger partial charge in [0.25, 0.3) is 0 Å². The predicted molar refractivity (Wildman–Crippen MR) is 87.2 cm³/mol. The molecule has 1 aliphatic heterocycles. The lowest BCUT2D eigenvalue weighted by Gasteiger charge is -2.40. The Morgan fingerprint density at radius 3 is 2.25 bits per heavy atom. The highest BCUT2D eigenvalue weighted by molar-refractivity contribution is 4.84. The summed E-state index contributed by atoms with van der Waals surface area (Å²) < 4.78 is 0. The van der Waals surface area contributed by atoms with Crippen LogP contribution in [0.4, 0.5) is 0 Å². The monoisotopic (exact) mass is 281 g/mol. The molecule has 2 rings (SSSR count). The van der Waals surface area contributed by atoms with Gasteiger partial charge < -0.3 is 5.32 Å². The van der Waals surface area contributed by atoms with E-state index in [0.717, 1.165) is 12.0 Å². The molecule has 3 nitrogen and oxygen atoms in total. The van der Waals surface area contributed by atoms with Gasteiger partial charge in [0.05, 0.1) is 0 Å². The molecule has 2 atom stereocenters. The molecule has 1 saturated heterocycles. The molecule has 0 aromatic heterocycles. The van der Waals surface area contributed by atoms with E-state index in [1.165, 1.54) is 71.2 Å². The normalized spacial score (nSPS) is 26.6. The molecule has 1 aliphatic carbocycles. The summed E-state index contributed by atoms with van der Waals surface area (Å²) >= 11 is 0. The van der Waals surface area contributed by atoms with E-state index >= 15 is 0 Å². The first-order valence-electron chi connectivity index (χ1n) is 8.88. The van der Waals surface area contributed by atoms with Gasteiger partial charge in [0, 0.05) is 44.8 Å². The molecule has 1 N–H and O–H groups in total. The first kappa shape index (κ1) is 16.3. The third-order valence-electron chi connectivity index (χ3n) is 5.67. The van der Waals surface area contributed by atoms with Crippen LogP contribution < -0.4 is 5.32 Å². The Kier molecular flexibility index (Phi) is 6.79. The van der Waals surface area contributed by atoms with Gasteiger partial charge in [0.2, 0.25) is 0 Å². The van der Waals surface area contributed by atoms with Crippen LogP contribution in [0.1, 0.15) is 52.4 Å². The van der Waals surface area contributed by atoms with Crippen molar-refractivity contribution in [3.05, 3.63) is 0 Å². The minimum absolute atomic E-state index is 0.713. The number of hydrogen-bond acceptors (Lipinski definition) is 3. The van der Waals surface area contributed by atoms with Crippen molar-refractivity contribution in [3.8, 4) is 0 Å². The summed E-state index contributed by atoms with van der Waals surface area (Å²) in [6.07, 6.45) is 8.52. The molecule has 0 radical (unpaired) electrons. The Morgan fingerprint density at radius 1 is 1.05 bits per heavy atom. The fourth-order valence-electron chi connectivity index (χ4n) is 3.94. The van der Waals surface area contributed by atoms with Crippen LogP contribution in [0.2, 0.25) is 0 Å². The Hall–Kier alpha value is -0.120. The largest absolute Gasteiger partial charge is 0.315 e. The van der Waals surface area contributed by atoms with Crippen molar-refractivity contribution in [2.45, 2.75) is 64.5 Å². The van der Waals surface area contributed by atoms with Gasteiger partial charge in [-0.1, -0.05) is 26.2 Å². The van der Waals surface area contributed by atoms with Crippen LogP contribution in [0.3, 0.4) is 0 Å². The summed E-state index contributed by atoms with van der Waals surface area (Å²) in [6, 6.07) is 1.47. The third kappa shape index (κ3) is 4.44. The molecule has 2 unspecified atom stereocenters. The maximum Gasteiger partial charge on any atom is 0.0220 e. The van der Waals surface area contributed by atoms with Crippen LogP contribution in [0.5, 0.6) is 0 Å². The number of nitrogens with zero attached hydrogens (tertiary/aromatic N) is 2. The van der Waals surface area contributed by atoms with E-state index < -0.39 is 0 Å². The van der Waals surface area contributed by atoms with Crippen molar-refractivity contribution in [3.63, 3.8) is 0 Å². The van der Waals surface area contributed by atoms with Crippen molar-refractivity contribution in [2.75, 3.05) is 39.8 Å². The van der Waals surface area contributed by atoms with E-state index in [1.54, 1.807) is 0 Å². The zero-order valence-electron chi connectivity index (χ0n) is 13.9. The van der Waals surface area contributed by atoms with Crippen molar-refractivity contribution in [1.82, 2.24) is 15.1 Å². The second-order valence-corrected chi connectivity index (χ2v) is 6.89. The molecule has 0 spiro atoms. The average molecular weight is 281 g/mol. The highest BCUT2D eigenvalue weighted by Gasteiger charge is 2.26. The van der Waals surface area contributed by atoms with E-state index in [4.69, 9.17) is 0 Å². The van der Waals surface area contributed by atoms with E-state index in [-0.39, 0.29) is 0 Å². The molecule has 1 heterocycles. The molecule has 0 bridgehead atoms. The number of likely N-dealkylation sites (N-methyl/N-ethyl adjacent to an activating group) is 1. The molecule has 2 aliphatic rings. The van der Waals surface area contributed by atoms with Crippen molar-refractivity contribution in [1.29, 1.82) is 0 Å². The first-order chi connectivity index (χ1) is 9.74. The molecule has 0 aromatic carbocycles. The maximum atomic E-state index is 3.61. The van der Waals surface area contributed by atoms with E-state index in [9.17, 15) is 0 Å². The lowest BCUT2D eigenvalue weighted by Crippen LogP contribution is -2.53. The molecule has 0 amide bonds. The molecule has 0 aromatic rings. The summed E-state index contributed by atoms with van der Waals surface area (Å²) in [5, 5.41) is 3.61. The number of nitrogens with one attached hydrogen (secondary N) is 1. The van der Waals surface area contributed by atoms with Crippen LogP contribution in [0.25, 0.3) is 0 Å². The Morgan fingerprint density at radius 2 is 1.70 bits per heavy atom. The van der Waals surface area contributed by atoms with Crippen LogP contribution in [-0.4, -0.2) is 61.7 Å². The molecule has 3 heteroatoms. The lowest BCUT2D eigenvalue weighted by atomic mass is 9.83. The Labute approximate surface area is 126 Å². The number of piperazine rings is 1. The number of rotatable bonds is 6. The van der Waals surface area contributed by atoms with Crippen molar-refractivity contribution >= 4 is 0 Å². The second kappa shape index (κ2) is 8.35. The van der Waals surface area contributed by atoms with Gasteiger partial charge in [-0.3, -0.25) is 9.80 Å². The van der Waals surface area contributed by atoms with Gasteiger partial charge in [0.15, 0.2) is 0 Å².